The van der Waals surface area contributed by atoms with Crippen molar-refractivity contribution in [2.24, 2.45) is 5.92 Å². The monoisotopic (exact) mass is 211 g/mol. The maximum absolute atomic E-state index is 9.16. The van der Waals surface area contributed by atoms with E-state index in [0.717, 1.165) is 26.2 Å². The molecule has 0 bridgehead atoms. The van der Waals surface area contributed by atoms with Crippen LogP contribution in [0.3, 0.4) is 0 Å². The highest BCUT2D eigenvalue weighted by atomic mass is 15.2. The van der Waals surface area contributed by atoms with Crippen molar-refractivity contribution >= 4 is 0 Å². The minimum atomic E-state index is -0.417. The molecule has 3 heteroatoms. The molecule has 0 saturated heterocycles. The predicted octanol–water partition coefficient (Wildman–Crippen LogP) is 1.86. The van der Waals surface area contributed by atoms with Gasteiger partial charge in [-0.15, -0.1) is 0 Å². The number of nitrogens with one attached hydrogen (secondary N) is 1. The highest BCUT2D eigenvalue weighted by molar-refractivity contribution is 5.05. The highest BCUT2D eigenvalue weighted by Crippen LogP contribution is 2.07. The quantitative estimate of drug-likeness (QED) is 0.698. The molecule has 0 aromatic carbocycles. The smallest absolute Gasteiger partial charge is 0.116 e. The van der Waals surface area contributed by atoms with Gasteiger partial charge in [0.25, 0.3) is 0 Å². The zero-order chi connectivity index (χ0) is 11.9. The van der Waals surface area contributed by atoms with Crippen LogP contribution in [0.25, 0.3) is 0 Å². The van der Waals surface area contributed by atoms with Gasteiger partial charge in [0, 0.05) is 13.1 Å². The molecule has 0 saturated carbocycles. The van der Waals surface area contributed by atoms with Gasteiger partial charge >= 0.3 is 0 Å². The lowest BCUT2D eigenvalue weighted by Gasteiger charge is -2.31. The maximum Gasteiger partial charge on any atom is 0.116 e. The zero-order valence-corrected chi connectivity index (χ0v) is 10.8. The second kappa shape index (κ2) is 6.81. The molecule has 0 aliphatic rings. The Morgan fingerprint density at radius 3 is 2.33 bits per heavy atom. The molecule has 0 heterocycles. The molecule has 0 aliphatic carbocycles. The first-order valence-corrected chi connectivity index (χ1v) is 5.86. The minimum Gasteiger partial charge on any atom is -0.300 e. The standard InChI is InChI=1S/C12H25N3/c1-6-14-12(5,9-13)10-15(7-2)8-11(3)4/h11,14H,6-8,10H2,1-5H3. The van der Waals surface area contributed by atoms with E-state index in [-0.39, 0.29) is 0 Å². The van der Waals surface area contributed by atoms with Crippen LogP contribution in [-0.2, 0) is 0 Å². The van der Waals surface area contributed by atoms with Gasteiger partial charge in [-0.2, -0.15) is 5.26 Å². The lowest BCUT2D eigenvalue weighted by atomic mass is 10.0. The third-order valence-corrected chi connectivity index (χ3v) is 2.42. The highest BCUT2D eigenvalue weighted by Gasteiger charge is 2.25. The van der Waals surface area contributed by atoms with Crippen LogP contribution in [0, 0.1) is 17.2 Å². The summed E-state index contributed by atoms with van der Waals surface area (Å²) in [6.07, 6.45) is 0. The fourth-order valence-corrected chi connectivity index (χ4v) is 1.79. The number of nitrogens with zero attached hydrogens (tertiary/aromatic N) is 2. The van der Waals surface area contributed by atoms with Crippen molar-refractivity contribution in [1.29, 1.82) is 5.26 Å². The minimum absolute atomic E-state index is 0.417. The molecule has 0 radical (unpaired) electrons. The van der Waals surface area contributed by atoms with Gasteiger partial charge in [0.1, 0.15) is 5.54 Å². The fraction of sp³-hybridized carbons (Fsp3) is 0.917. The SMILES string of the molecule is CCNC(C)(C#N)CN(CC)CC(C)C. The molecule has 3 nitrogen and oxygen atoms in total. The Balaban J connectivity index is 4.30. The summed E-state index contributed by atoms with van der Waals surface area (Å²) in [5, 5.41) is 12.4. The van der Waals surface area contributed by atoms with E-state index in [2.05, 4.69) is 37.1 Å². The van der Waals surface area contributed by atoms with Crippen LogP contribution in [0.5, 0.6) is 0 Å². The van der Waals surface area contributed by atoms with Crippen molar-refractivity contribution in [3.63, 3.8) is 0 Å². The third-order valence-electron chi connectivity index (χ3n) is 2.42. The molecule has 0 fully saturated rings. The van der Waals surface area contributed by atoms with Crippen LogP contribution in [0.15, 0.2) is 0 Å². The van der Waals surface area contributed by atoms with Crippen LogP contribution < -0.4 is 5.32 Å². The Morgan fingerprint density at radius 1 is 1.40 bits per heavy atom. The van der Waals surface area contributed by atoms with Crippen molar-refractivity contribution in [3.05, 3.63) is 0 Å². The van der Waals surface area contributed by atoms with E-state index in [1.54, 1.807) is 0 Å². The zero-order valence-electron chi connectivity index (χ0n) is 10.8. The molecule has 15 heavy (non-hydrogen) atoms. The Morgan fingerprint density at radius 2 is 2.00 bits per heavy atom. The maximum atomic E-state index is 9.16. The Labute approximate surface area is 94.5 Å². The van der Waals surface area contributed by atoms with Gasteiger partial charge in [-0.1, -0.05) is 27.7 Å². The second-order valence-electron chi connectivity index (χ2n) is 4.70. The summed E-state index contributed by atoms with van der Waals surface area (Å²) in [4.78, 5) is 2.33. The third kappa shape index (κ3) is 5.76. The molecule has 0 aromatic rings. The molecule has 0 aromatic heterocycles. The Kier molecular flexibility index (Phi) is 6.55. The summed E-state index contributed by atoms with van der Waals surface area (Å²) < 4.78 is 0. The van der Waals surface area contributed by atoms with E-state index in [1.165, 1.54) is 0 Å². The van der Waals surface area contributed by atoms with E-state index >= 15 is 0 Å². The van der Waals surface area contributed by atoms with Crippen LogP contribution in [0.4, 0.5) is 0 Å². The summed E-state index contributed by atoms with van der Waals surface area (Å²) in [6, 6.07) is 2.36. The van der Waals surface area contributed by atoms with Crippen LogP contribution >= 0.6 is 0 Å². The first-order valence-electron chi connectivity index (χ1n) is 5.86. The van der Waals surface area contributed by atoms with Gasteiger partial charge in [0.05, 0.1) is 6.07 Å². The number of likely N-dealkylation sites (N-methyl/N-ethyl adjacent to an activating group) is 2. The van der Waals surface area contributed by atoms with E-state index in [4.69, 9.17) is 5.26 Å². The lowest BCUT2D eigenvalue weighted by Crippen LogP contribution is -2.51. The molecular formula is C12H25N3. The van der Waals surface area contributed by atoms with Gasteiger partial charge in [0.15, 0.2) is 0 Å². The van der Waals surface area contributed by atoms with Crippen LogP contribution in [-0.4, -0.2) is 36.6 Å². The van der Waals surface area contributed by atoms with E-state index in [0.29, 0.717) is 5.92 Å². The molecule has 0 spiro atoms. The van der Waals surface area contributed by atoms with Crippen molar-refractivity contribution in [3.8, 4) is 6.07 Å². The van der Waals surface area contributed by atoms with Crippen molar-refractivity contribution in [1.82, 2.24) is 10.2 Å². The topological polar surface area (TPSA) is 39.1 Å². The number of nitriles is 1. The van der Waals surface area contributed by atoms with Crippen molar-refractivity contribution < 1.29 is 0 Å². The number of hydrogen-bond donors (Lipinski definition) is 1. The molecule has 1 atom stereocenters. The normalized spacial score (nSPS) is 15.3. The molecule has 0 rings (SSSR count). The van der Waals surface area contributed by atoms with Gasteiger partial charge in [-0.3, -0.25) is 5.32 Å². The van der Waals surface area contributed by atoms with Crippen LogP contribution in [0.1, 0.15) is 34.6 Å². The van der Waals surface area contributed by atoms with E-state index in [9.17, 15) is 0 Å². The van der Waals surface area contributed by atoms with Gasteiger partial charge in [0.2, 0.25) is 0 Å². The van der Waals surface area contributed by atoms with Crippen LogP contribution in [0.2, 0.25) is 0 Å². The van der Waals surface area contributed by atoms with Gasteiger partial charge < -0.3 is 4.90 Å². The first kappa shape index (κ1) is 14.4. The largest absolute Gasteiger partial charge is 0.300 e. The summed E-state index contributed by atoms with van der Waals surface area (Å²) >= 11 is 0. The second-order valence-corrected chi connectivity index (χ2v) is 4.70. The molecule has 0 aliphatic heterocycles. The molecule has 0 amide bonds. The number of hydrogen-bond acceptors (Lipinski definition) is 3. The first-order chi connectivity index (χ1) is 6.97. The van der Waals surface area contributed by atoms with Crippen molar-refractivity contribution in [2.45, 2.75) is 40.2 Å². The Bertz CT molecular complexity index is 207. The van der Waals surface area contributed by atoms with Crippen molar-refractivity contribution in [2.75, 3.05) is 26.2 Å². The summed E-state index contributed by atoms with van der Waals surface area (Å²) in [5.41, 5.74) is -0.417. The molecule has 88 valence electrons. The summed E-state index contributed by atoms with van der Waals surface area (Å²) in [7, 11) is 0. The summed E-state index contributed by atoms with van der Waals surface area (Å²) in [5.74, 6) is 0.648. The number of rotatable bonds is 7. The average molecular weight is 211 g/mol. The molecule has 1 unspecified atom stereocenters. The molecule has 1 N–H and O–H groups in total. The van der Waals surface area contributed by atoms with E-state index in [1.807, 2.05) is 13.8 Å². The van der Waals surface area contributed by atoms with Gasteiger partial charge in [-0.05, 0) is 25.9 Å². The van der Waals surface area contributed by atoms with E-state index < -0.39 is 5.54 Å². The fourth-order valence-electron chi connectivity index (χ4n) is 1.79. The Hall–Kier alpha value is -0.590. The lowest BCUT2D eigenvalue weighted by molar-refractivity contribution is 0.209. The van der Waals surface area contributed by atoms with Gasteiger partial charge in [-0.25, -0.2) is 0 Å². The summed E-state index contributed by atoms with van der Waals surface area (Å²) in [6.45, 7) is 14.3. The predicted molar refractivity (Wildman–Crippen MR) is 64.6 cm³/mol. The average Bonchev–Trinajstić information content (AvgIpc) is 2.16. The molecular weight excluding hydrogens is 186 g/mol.